The number of carbonyl (C=O) groups excluding carboxylic acids is 1. The van der Waals surface area contributed by atoms with Crippen molar-refractivity contribution in [3.8, 4) is 0 Å². The number of halogens is 1. The number of nitrogens with one attached hydrogen (secondary N) is 1. The number of benzene rings is 2. The molecule has 1 N–H and O–H groups in total. The minimum atomic E-state index is -3.52. The lowest BCUT2D eigenvalue weighted by Crippen LogP contribution is -2.30. The zero-order chi connectivity index (χ0) is 23.0. The molecule has 0 bridgehead atoms. The average Bonchev–Trinajstić information content (AvgIpc) is 2.74. The first-order chi connectivity index (χ1) is 14.7. The van der Waals surface area contributed by atoms with Gasteiger partial charge in [0.15, 0.2) is 0 Å². The second-order valence-electron chi connectivity index (χ2n) is 7.98. The minimum absolute atomic E-state index is 0.104. The van der Waals surface area contributed by atoms with Crippen molar-refractivity contribution in [2.45, 2.75) is 53.0 Å². The number of rotatable bonds is 11. The second-order valence-corrected chi connectivity index (χ2v) is 10.3. The molecule has 0 saturated carbocycles. The van der Waals surface area contributed by atoms with E-state index in [2.05, 4.69) is 19.2 Å². The van der Waals surface area contributed by atoms with E-state index in [4.69, 9.17) is 11.6 Å². The Hall–Kier alpha value is -2.05. The lowest BCUT2D eigenvalue weighted by Gasteiger charge is -2.24. The topological polar surface area (TPSA) is 66.5 Å². The van der Waals surface area contributed by atoms with Crippen molar-refractivity contribution in [2.75, 3.05) is 17.1 Å². The average molecular weight is 465 g/mol. The van der Waals surface area contributed by atoms with Crippen molar-refractivity contribution in [1.82, 2.24) is 5.32 Å². The summed E-state index contributed by atoms with van der Waals surface area (Å²) < 4.78 is 26.2. The normalized spacial score (nSPS) is 12.4. The molecule has 1 amide bonds. The van der Waals surface area contributed by atoms with Crippen LogP contribution >= 0.6 is 11.6 Å². The first-order valence-electron chi connectivity index (χ1n) is 10.8. The molecule has 0 saturated heterocycles. The number of hydrogen-bond donors (Lipinski definition) is 1. The molecule has 7 heteroatoms. The Balaban J connectivity index is 2.11. The van der Waals surface area contributed by atoms with E-state index >= 15 is 0 Å². The SMILES string of the molecule is CCCC[C@@H](CC)CNC(=O)c1ccc(CN(c2cccc(Cl)c2C)S(C)(=O)=O)cc1. The van der Waals surface area contributed by atoms with E-state index in [9.17, 15) is 13.2 Å². The van der Waals surface area contributed by atoms with Crippen LogP contribution in [0.3, 0.4) is 0 Å². The summed E-state index contributed by atoms with van der Waals surface area (Å²) in [6, 6.07) is 12.3. The molecule has 31 heavy (non-hydrogen) atoms. The van der Waals surface area contributed by atoms with Gasteiger partial charge < -0.3 is 5.32 Å². The van der Waals surface area contributed by atoms with Crippen LogP contribution in [-0.4, -0.2) is 27.1 Å². The molecule has 170 valence electrons. The van der Waals surface area contributed by atoms with Crippen molar-refractivity contribution in [2.24, 2.45) is 5.92 Å². The third kappa shape index (κ3) is 7.25. The summed E-state index contributed by atoms with van der Waals surface area (Å²) in [5.74, 6) is 0.389. The van der Waals surface area contributed by atoms with Gasteiger partial charge in [-0.3, -0.25) is 9.10 Å². The lowest BCUT2D eigenvalue weighted by molar-refractivity contribution is 0.0946. The highest BCUT2D eigenvalue weighted by molar-refractivity contribution is 7.92. The Morgan fingerprint density at radius 1 is 1.13 bits per heavy atom. The molecule has 2 rings (SSSR count). The van der Waals surface area contributed by atoms with E-state index in [1.165, 1.54) is 17.0 Å². The molecule has 0 fully saturated rings. The molecule has 0 spiro atoms. The number of nitrogens with zero attached hydrogens (tertiary/aromatic N) is 1. The Bertz CT molecular complexity index is 975. The van der Waals surface area contributed by atoms with Crippen LogP contribution in [0.2, 0.25) is 5.02 Å². The molecular formula is C24H33ClN2O3S. The van der Waals surface area contributed by atoms with Crippen LogP contribution in [0.1, 0.15) is 61.0 Å². The Morgan fingerprint density at radius 3 is 2.39 bits per heavy atom. The predicted octanol–water partition coefficient (Wildman–Crippen LogP) is 5.56. The van der Waals surface area contributed by atoms with E-state index < -0.39 is 10.0 Å². The maximum Gasteiger partial charge on any atom is 0.251 e. The van der Waals surface area contributed by atoms with Crippen molar-refractivity contribution in [1.29, 1.82) is 0 Å². The highest BCUT2D eigenvalue weighted by atomic mass is 35.5. The fraction of sp³-hybridized carbons (Fsp3) is 0.458. The minimum Gasteiger partial charge on any atom is -0.352 e. The van der Waals surface area contributed by atoms with Crippen LogP contribution in [0.4, 0.5) is 5.69 Å². The van der Waals surface area contributed by atoms with Crippen LogP contribution in [0.15, 0.2) is 42.5 Å². The first kappa shape index (κ1) is 25.2. The van der Waals surface area contributed by atoms with Gasteiger partial charge in [-0.05, 0) is 54.7 Å². The van der Waals surface area contributed by atoms with Crippen molar-refractivity contribution in [3.05, 3.63) is 64.2 Å². The maximum atomic E-state index is 12.5. The van der Waals surface area contributed by atoms with Crippen molar-refractivity contribution in [3.63, 3.8) is 0 Å². The van der Waals surface area contributed by atoms with Gasteiger partial charge in [-0.2, -0.15) is 0 Å². The van der Waals surface area contributed by atoms with Gasteiger partial charge in [-0.15, -0.1) is 0 Å². The summed E-state index contributed by atoms with van der Waals surface area (Å²) in [4.78, 5) is 12.5. The summed E-state index contributed by atoms with van der Waals surface area (Å²) in [6.07, 6.45) is 5.68. The van der Waals surface area contributed by atoms with E-state index in [1.54, 1.807) is 49.4 Å². The fourth-order valence-electron chi connectivity index (χ4n) is 3.46. The molecule has 0 heterocycles. The number of hydrogen-bond acceptors (Lipinski definition) is 3. The molecule has 0 aromatic heterocycles. The molecule has 0 radical (unpaired) electrons. The van der Waals surface area contributed by atoms with Crippen LogP contribution in [0.5, 0.6) is 0 Å². The molecule has 1 atom stereocenters. The second kappa shape index (κ2) is 11.5. The highest BCUT2D eigenvalue weighted by Gasteiger charge is 2.21. The molecule has 0 aliphatic carbocycles. The summed E-state index contributed by atoms with van der Waals surface area (Å²) in [5.41, 5.74) is 2.61. The standard InChI is InChI=1S/C24H33ClN2O3S/c1-5-7-9-19(6-2)16-26-24(28)21-14-12-20(13-15-21)17-27(31(4,29)30)23-11-8-10-22(25)18(23)3/h8,10-15,19H,5-7,9,16-17H2,1-4H3,(H,26,28)/t19-/m1/s1. The Kier molecular flexibility index (Phi) is 9.38. The van der Waals surface area contributed by atoms with Crippen molar-refractivity contribution >= 4 is 33.2 Å². The molecule has 0 unspecified atom stereocenters. The van der Waals surface area contributed by atoms with Gasteiger partial charge in [-0.25, -0.2) is 8.42 Å². The quantitative estimate of drug-likeness (QED) is 0.473. The first-order valence-corrected chi connectivity index (χ1v) is 13.0. The molecule has 2 aromatic carbocycles. The van der Waals surface area contributed by atoms with Gasteiger partial charge >= 0.3 is 0 Å². The van der Waals surface area contributed by atoms with Gasteiger partial charge in [-0.1, -0.05) is 62.9 Å². The van der Waals surface area contributed by atoms with Gasteiger partial charge in [0.05, 0.1) is 18.5 Å². The number of sulfonamides is 1. The molecule has 0 aliphatic rings. The molecule has 5 nitrogen and oxygen atoms in total. The monoisotopic (exact) mass is 464 g/mol. The van der Waals surface area contributed by atoms with Gasteiger partial charge in [0.25, 0.3) is 5.91 Å². The number of unbranched alkanes of at least 4 members (excludes halogenated alkanes) is 1. The summed E-state index contributed by atoms with van der Waals surface area (Å²) in [5, 5.41) is 3.54. The van der Waals surface area contributed by atoms with Gasteiger partial charge in [0.1, 0.15) is 0 Å². The van der Waals surface area contributed by atoms with Crippen molar-refractivity contribution < 1.29 is 13.2 Å². The van der Waals surface area contributed by atoms with Crippen LogP contribution in [0, 0.1) is 12.8 Å². The van der Waals surface area contributed by atoms with E-state index in [-0.39, 0.29) is 12.5 Å². The van der Waals surface area contributed by atoms with Crippen LogP contribution in [0.25, 0.3) is 0 Å². The zero-order valence-corrected chi connectivity index (χ0v) is 20.4. The zero-order valence-electron chi connectivity index (χ0n) is 18.8. The maximum absolute atomic E-state index is 12.5. The highest BCUT2D eigenvalue weighted by Crippen LogP contribution is 2.29. The van der Waals surface area contributed by atoms with E-state index in [0.29, 0.717) is 34.3 Å². The lowest BCUT2D eigenvalue weighted by atomic mass is 9.99. The van der Waals surface area contributed by atoms with Gasteiger partial charge in [0.2, 0.25) is 10.0 Å². The molecular weight excluding hydrogens is 432 g/mol. The van der Waals surface area contributed by atoms with E-state index in [1.807, 2.05) is 0 Å². The summed E-state index contributed by atoms with van der Waals surface area (Å²) in [6.45, 7) is 6.96. The van der Waals surface area contributed by atoms with E-state index in [0.717, 1.165) is 24.8 Å². The van der Waals surface area contributed by atoms with Crippen LogP contribution < -0.4 is 9.62 Å². The fourth-order valence-corrected chi connectivity index (χ4v) is 4.57. The van der Waals surface area contributed by atoms with Crippen LogP contribution in [-0.2, 0) is 16.6 Å². The number of amides is 1. The number of anilines is 1. The molecule has 2 aromatic rings. The summed E-state index contributed by atoms with van der Waals surface area (Å²) >= 11 is 6.19. The third-order valence-electron chi connectivity index (χ3n) is 5.55. The summed E-state index contributed by atoms with van der Waals surface area (Å²) in [7, 11) is -3.52. The molecule has 0 aliphatic heterocycles. The largest absolute Gasteiger partial charge is 0.352 e. The smallest absolute Gasteiger partial charge is 0.251 e. The number of carbonyl (C=O) groups is 1. The van der Waals surface area contributed by atoms with Gasteiger partial charge in [0, 0.05) is 17.1 Å². The predicted molar refractivity (Wildman–Crippen MR) is 129 cm³/mol. The Labute approximate surface area is 191 Å². The Morgan fingerprint density at radius 2 is 1.81 bits per heavy atom. The third-order valence-corrected chi connectivity index (χ3v) is 7.08.